The van der Waals surface area contributed by atoms with Crippen LogP contribution in [0.15, 0.2) is 30.3 Å². The van der Waals surface area contributed by atoms with Gasteiger partial charge in [-0.25, -0.2) is 0 Å². The molecule has 0 aliphatic rings. The van der Waals surface area contributed by atoms with Crippen molar-refractivity contribution in [1.29, 1.82) is 0 Å². The van der Waals surface area contributed by atoms with E-state index in [0.717, 1.165) is 0 Å². The molecule has 4 heteroatoms. The van der Waals surface area contributed by atoms with Crippen LogP contribution in [0, 0.1) is 0 Å². The number of benzene rings is 1. The van der Waals surface area contributed by atoms with E-state index in [-0.39, 0.29) is 5.97 Å². The number of rotatable bonds is 3. The van der Waals surface area contributed by atoms with E-state index < -0.39 is 25.0 Å². The summed E-state index contributed by atoms with van der Waals surface area (Å²) in [6, 6.07) is 9.83. The quantitative estimate of drug-likeness (QED) is 0.459. The van der Waals surface area contributed by atoms with Gasteiger partial charge in [0.05, 0.1) is 0 Å². The van der Waals surface area contributed by atoms with E-state index in [1.807, 2.05) is 30.3 Å². The molecule has 0 atom stereocenters. The van der Waals surface area contributed by atoms with Crippen molar-refractivity contribution < 1.29 is 37.5 Å². The first-order valence-corrected chi connectivity index (χ1v) is 8.62. The van der Waals surface area contributed by atoms with Crippen LogP contribution < -0.4 is 3.07 Å². The van der Waals surface area contributed by atoms with Crippen LogP contribution in [0.25, 0.3) is 0 Å². The average molecular weight is 353 g/mol. The van der Waals surface area contributed by atoms with Crippen LogP contribution in [-0.4, -0.2) is 5.97 Å². The molecule has 0 spiro atoms. The standard InChI is InChI=1S/C6H5.C2H4O3.Hg/c1-2-4-6-5-3-1;1-2(3)5-4;/h1-5H;4H,1H3;/q;;+1/p-1. The van der Waals surface area contributed by atoms with Gasteiger partial charge in [0.25, 0.3) is 0 Å². The van der Waals surface area contributed by atoms with Crippen LogP contribution in [0.5, 0.6) is 0 Å². The Morgan fingerprint density at radius 1 is 1.33 bits per heavy atom. The van der Waals surface area contributed by atoms with Gasteiger partial charge in [-0.05, 0) is 0 Å². The molecule has 60 valence electrons. The van der Waals surface area contributed by atoms with E-state index in [9.17, 15) is 4.79 Å². The maximum absolute atomic E-state index is 10.3. The summed E-state index contributed by atoms with van der Waals surface area (Å²) in [5.74, 6) is -0.383. The second-order valence-corrected chi connectivity index (χ2v) is 7.54. The summed E-state index contributed by atoms with van der Waals surface area (Å²) >= 11 is -1.61. The minimum atomic E-state index is -1.61. The zero-order valence-electron chi connectivity index (χ0n) is 6.82. The maximum atomic E-state index is 10.3. The van der Waals surface area contributed by atoms with Crippen LogP contribution in [0.3, 0.4) is 0 Å². The summed E-state index contributed by atoms with van der Waals surface area (Å²) in [5, 5.41) is 0. The summed E-state index contributed by atoms with van der Waals surface area (Å²) < 4.78 is 6.05. The third-order valence-corrected chi connectivity index (χ3v) is 5.29. The van der Waals surface area contributed by atoms with Crippen LogP contribution in [0.4, 0.5) is 0 Å². The Morgan fingerprint density at radius 2 is 2.00 bits per heavy atom. The molecule has 0 bridgehead atoms. The number of carbonyl (C=O) groups excluding carboxylic acids is 1. The summed E-state index contributed by atoms with van der Waals surface area (Å²) in [7, 11) is 0. The summed E-state index contributed by atoms with van der Waals surface area (Å²) in [4.78, 5) is 14.7. The third-order valence-electron chi connectivity index (χ3n) is 1.24. The van der Waals surface area contributed by atoms with Crippen molar-refractivity contribution in [2.24, 2.45) is 0 Å². The number of hydrogen-bond donors (Lipinski definition) is 0. The summed E-state index contributed by atoms with van der Waals surface area (Å²) in [6.45, 7) is 1.33. The second-order valence-electron chi connectivity index (χ2n) is 2.32. The van der Waals surface area contributed by atoms with Gasteiger partial charge >= 0.3 is 83.8 Å². The molecule has 0 radical (unpaired) electrons. The third kappa shape index (κ3) is 3.83. The summed E-state index contributed by atoms with van der Waals surface area (Å²) in [5.41, 5.74) is 0. The van der Waals surface area contributed by atoms with Crippen molar-refractivity contribution in [1.82, 2.24) is 0 Å². The first-order chi connectivity index (χ1) is 5.79. The van der Waals surface area contributed by atoms with E-state index in [4.69, 9.17) is 2.80 Å². The van der Waals surface area contributed by atoms with Crippen LogP contribution in [0.2, 0.25) is 0 Å². The molecule has 0 amide bonds. The molecule has 1 aromatic rings. The van der Waals surface area contributed by atoms with Gasteiger partial charge in [0, 0.05) is 0 Å². The first-order valence-electron chi connectivity index (χ1n) is 3.63. The predicted molar refractivity (Wildman–Crippen MR) is 38.9 cm³/mol. The average Bonchev–Trinajstić information content (AvgIpc) is 2.05. The molecule has 0 saturated heterocycles. The van der Waals surface area contributed by atoms with E-state index >= 15 is 0 Å². The predicted octanol–water partition coefficient (Wildman–Crippen LogP) is 0.804. The monoisotopic (exact) mass is 354 g/mol. The molecule has 0 aliphatic heterocycles. The van der Waals surface area contributed by atoms with Crippen molar-refractivity contribution in [3.63, 3.8) is 0 Å². The van der Waals surface area contributed by atoms with Crippen LogP contribution >= 0.6 is 0 Å². The van der Waals surface area contributed by atoms with Crippen molar-refractivity contribution in [3.05, 3.63) is 30.3 Å². The van der Waals surface area contributed by atoms with Crippen LogP contribution in [0.1, 0.15) is 6.92 Å². The molecule has 0 unspecified atom stereocenters. The fraction of sp³-hybridized carbons (Fsp3) is 0.125. The van der Waals surface area contributed by atoms with Gasteiger partial charge < -0.3 is 0 Å². The van der Waals surface area contributed by atoms with E-state index in [0.29, 0.717) is 0 Å². The molecule has 0 N–H and O–H groups in total. The van der Waals surface area contributed by atoms with E-state index in [2.05, 4.69) is 4.89 Å². The Kier molecular flexibility index (Phi) is 4.25. The van der Waals surface area contributed by atoms with Gasteiger partial charge in [0.15, 0.2) is 0 Å². The Balaban J connectivity index is 2.29. The minimum absolute atomic E-state index is 0.383. The fourth-order valence-electron chi connectivity index (χ4n) is 0.755. The Hall–Kier alpha value is -0.415. The molecule has 0 aromatic heterocycles. The molecular formula is C8H8HgO3. The van der Waals surface area contributed by atoms with Gasteiger partial charge in [0.1, 0.15) is 0 Å². The fourth-order valence-corrected chi connectivity index (χ4v) is 3.96. The molecule has 0 aliphatic carbocycles. The van der Waals surface area contributed by atoms with Crippen molar-refractivity contribution in [2.75, 3.05) is 0 Å². The van der Waals surface area contributed by atoms with Crippen molar-refractivity contribution >= 4 is 9.04 Å². The number of carbonyl (C=O) groups is 1. The van der Waals surface area contributed by atoms with Crippen molar-refractivity contribution in [3.8, 4) is 0 Å². The van der Waals surface area contributed by atoms with Gasteiger partial charge in [0.2, 0.25) is 0 Å². The zero-order chi connectivity index (χ0) is 8.81. The van der Waals surface area contributed by atoms with Gasteiger partial charge in [-0.15, -0.1) is 0 Å². The SMILES string of the molecule is CC(=O)O[O][Hg][c]1ccccc1. The van der Waals surface area contributed by atoms with Gasteiger partial charge in [-0.3, -0.25) is 0 Å². The molecular weight excluding hydrogens is 345 g/mol. The van der Waals surface area contributed by atoms with Crippen LogP contribution in [-0.2, 0) is 37.5 Å². The van der Waals surface area contributed by atoms with E-state index in [1.54, 1.807) is 0 Å². The second kappa shape index (κ2) is 5.27. The molecule has 12 heavy (non-hydrogen) atoms. The molecule has 0 heterocycles. The normalized spacial score (nSPS) is 8.75. The molecule has 0 saturated carbocycles. The molecule has 0 fully saturated rings. The van der Waals surface area contributed by atoms with Gasteiger partial charge in [-0.1, -0.05) is 0 Å². The topological polar surface area (TPSA) is 35.5 Å². The Labute approximate surface area is 83.7 Å². The first kappa shape index (κ1) is 9.67. The van der Waals surface area contributed by atoms with E-state index in [1.165, 1.54) is 10.00 Å². The molecule has 1 rings (SSSR count). The Morgan fingerprint density at radius 3 is 2.58 bits per heavy atom. The summed E-state index contributed by atoms with van der Waals surface area (Å²) in [6.07, 6.45) is 0. The molecule has 3 nitrogen and oxygen atoms in total. The Bertz CT molecular complexity index is 248. The number of hydrogen-bond acceptors (Lipinski definition) is 3. The van der Waals surface area contributed by atoms with Gasteiger partial charge in [-0.2, -0.15) is 0 Å². The van der Waals surface area contributed by atoms with Crippen molar-refractivity contribution in [2.45, 2.75) is 6.92 Å². The molecule has 1 aromatic carbocycles. The zero-order valence-corrected chi connectivity index (χ0v) is 12.3.